The summed E-state index contributed by atoms with van der Waals surface area (Å²) in [6.07, 6.45) is 4.72. The van der Waals surface area contributed by atoms with Crippen molar-refractivity contribution in [2.75, 3.05) is 19.7 Å². The minimum absolute atomic E-state index is 0.615. The van der Waals surface area contributed by atoms with E-state index in [2.05, 4.69) is 27.6 Å². The first-order valence-electron chi connectivity index (χ1n) is 7.95. The predicted molar refractivity (Wildman–Crippen MR) is 92.6 cm³/mol. The van der Waals surface area contributed by atoms with E-state index < -0.39 is 0 Å². The van der Waals surface area contributed by atoms with Crippen molar-refractivity contribution in [2.45, 2.75) is 19.9 Å². The number of aliphatic imine (C=N–C) groups is 1. The molecule has 0 spiro atoms. The first-order chi connectivity index (χ1) is 11.3. The fourth-order valence-corrected chi connectivity index (χ4v) is 2.05. The van der Waals surface area contributed by atoms with Gasteiger partial charge in [0.2, 0.25) is 0 Å². The van der Waals surface area contributed by atoms with Crippen molar-refractivity contribution in [2.24, 2.45) is 12.0 Å². The van der Waals surface area contributed by atoms with Crippen LogP contribution in [0.1, 0.15) is 18.9 Å². The molecule has 1 aromatic carbocycles. The second-order valence-electron chi connectivity index (χ2n) is 5.16. The van der Waals surface area contributed by atoms with E-state index in [0.717, 1.165) is 36.8 Å². The molecule has 0 saturated heterocycles. The number of aromatic nitrogens is 2. The lowest BCUT2D eigenvalue weighted by Crippen LogP contribution is -2.38. The highest BCUT2D eigenvalue weighted by Gasteiger charge is 1.99. The van der Waals surface area contributed by atoms with E-state index in [9.17, 15) is 0 Å². The van der Waals surface area contributed by atoms with E-state index in [1.807, 2.05) is 49.8 Å². The van der Waals surface area contributed by atoms with Crippen molar-refractivity contribution in [3.8, 4) is 5.75 Å². The zero-order valence-electron chi connectivity index (χ0n) is 13.8. The number of para-hydroxylation sites is 1. The quantitative estimate of drug-likeness (QED) is 0.444. The highest BCUT2D eigenvalue weighted by molar-refractivity contribution is 5.79. The summed E-state index contributed by atoms with van der Waals surface area (Å²) >= 11 is 0. The van der Waals surface area contributed by atoms with Gasteiger partial charge in [-0.2, -0.15) is 5.10 Å². The Hall–Kier alpha value is -2.50. The Morgan fingerprint density at radius 3 is 2.78 bits per heavy atom. The van der Waals surface area contributed by atoms with Crippen LogP contribution < -0.4 is 15.4 Å². The van der Waals surface area contributed by atoms with Crippen LogP contribution in [0, 0.1) is 0 Å². The maximum atomic E-state index is 5.67. The summed E-state index contributed by atoms with van der Waals surface area (Å²) in [7, 11) is 1.91. The number of nitrogens with one attached hydrogen (secondary N) is 2. The second kappa shape index (κ2) is 9.50. The van der Waals surface area contributed by atoms with Crippen molar-refractivity contribution in [3.05, 3.63) is 48.3 Å². The van der Waals surface area contributed by atoms with E-state index >= 15 is 0 Å². The van der Waals surface area contributed by atoms with Crippen LogP contribution in [0.5, 0.6) is 5.75 Å². The summed E-state index contributed by atoms with van der Waals surface area (Å²) < 4.78 is 7.45. The largest absolute Gasteiger partial charge is 0.494 e. The van der Waals surface area contributed by atoms with Crippen molar-refractivity contribution < 1.29 is 4.74 Å². The van der Waals surface area contributed by atoms with Crippen LogP contribution >= 0.6 is 0 Å². The third-order valence-corrected chi connectivity index (χ3v) is 3.15. The second-order valence-corrected chi connectivity index (χ2v) is 5.16. The lowest BCUT2D eigenvalue weighted by atomic mass is 10.3. The lowest BCUT2D eigenvalue weighted by Gasteiger charge is -2.11. The fourth-order valence-electron chi connectivity index (χ4n) is 2.05. The lowest BCUT2D eigenvalue weighted by molar-refractivity contribution is 0.311. The average molecular weight is 315 g/mol. The minimum Gasteiger partial charge on any atom is -0.494 e. The molecule has 6 nitrogen and oxygen atoms in total. The molecule has 0 fully saturated rings. The van der Waals surface area contributed by atoms with Gasteiger partial charge < -0.3 is 15.4 Å². The molecular weight excluding hydrogens is 290 g/mol. The van der Waals surface area contributed by atoms with Crippen LogP contribution in [0.3, 0.4) is 0 Å². The first kappa shape index (κ1) is 16.9. The van der Waals surface area contributed by atoms with Crippen molar-refractivity contribution in [1.82, 2.24) is 20.4 Å². The van der Waals surface area contributed by atoms with Crippen LogP contribution in [-0.4, -0.2) is 35.4 Å². The molecule has 1 aromatic heterocycles. The number of hydrogen-bond acceptors (Lipinski definition) is 3. The Morgan fingerprint density at radius 2 is 2.09 bits per heavy atom. The third-order valence-electron chi connectivity index (χ3n) is 3.15. The van der Waals surface area contributed by atoms with Crippen molar-refractivity contribution in [3.63, 3.8) is 0 Å². The molecule has 0 aliphatic carbocycles. The van der Waals surface area contributed by atoms with E-state index in [-0.39, 0.29) is 0 Å². The molecule has 0 aliphatic heterocycles. The number of ether oxygens (including phenoxy) is 1. The molecule has 23 heavy (non-hydrogen) atoms. The Labute approximate surface area is 137 Å². The van der Waals surface area contributed by atoms with Gasteiger partial charge in [0.1, 0.15) is 5.75 Å². The van der Waals surface area contributed by atoms with Gasteiger partial charge in [0.05, 0.1) is 19.3 Å². The van der Waals surface area contributed by atoms with Gasteiger partial charge in [-0.3, -0.25) is 4.68 Å². The van der Waals surface area contributed by atoms with E-state index in [1.54, 1.807) is 4.68 Å². The van der Waals surface area contributed by atoms with Crippen LogP contribution in [0.15, 0.2) is 47.7 Å². The van der Waals surface area contributed by atoms with Gasteiger partial charge in [0, 0.05) is 31.9 Å². The number of nitrogens with zero attached hydrogens (tertiary/aromatic N) is 3. The predicted octanol–water partition coefficient (Wildman–Crippen LogP) is 1.94. The number of hydrogen-bond donors (Lipinski definition) is 2. The molecule has 124 valence electrons. The molecule has 0 radical (unpaired) electrons. The minimum atomic E-state index is 0.615. The smallest absolute Gasteiger partial charge is 0.191 e. The number of guanidine groups is 1. The SMILES string of the molecule is CCNC(=NCc1cnn(C)c1)NCCCOc1ccccc1. The standard InChI is InChI=1S/C17H25N5O/c1-3-18-17(20-12-15-13-21-22(2)14-15)19-10-7-11-23-16-8-5-4-6-9-16/h4-6,8-9,13-14H,3,7,10-12H2,1-2H3,(H2,18,19,20). The Kier molecular flexibility index (Phi) is 6.97. The van der Waals surface area contributed by atoms with Gasteiger partial charge in [-0.05, 0) is 25.5 Å². The van der Waals surface area contributed by atoms with Crippen molar-refractivity contribution in [1.29, 1.82) is 0 Å². The average Bonchev–Trinajstić information content (AvgIpc) is 2.98. The Balaban J connectivity index is 1.69. The van der Waals surface area contributed by atoms with E-state index in [0.29, 0.717) is 13.2 Å². The molecular formula is C17H25N5O. The van der Waals surface area contributed by atoms with E-state index in [1.165, 1.54) is 0 Å². The number of aryl methyl sites for hydroxylation is 1. The van der Waals surface area contributed by atoms with Gasteiger partial charge in [-0.1, -0.05) is 18.2 Å². The van der Waals surface area contributed by atoms with Crippen molar-refractivity contribution >= 4 is 5.96 Å². The highest BCUT2D eigenvalue weighted by atomic mass is 16.5. The van der Waals surface area contributed by atoms with Gasteiger partial charge >= 0.3 is 0 Å². The van der Waals surface area contributed by atoms with Gasteiger partial charge in [-0.25, -0.2) is 4.99 Å². The maximum Gasteiger partial charge on any atom is 0.191 e. The summed E-state index contributed by atoms with van der Waals surface area (Å²) in [5, 5.41) is 10.7. The molecule has 0 amide bonds. The Bertz CT molecular complexity index is 594. The summed E-state index contributed by atoms with van der Waals surface area (Å²) in [6, 6.07) is 9.86. The molecule has 0 bridgehead atoms. The zero-order valence-corrected chi connectivity index (χ0v) is 13.8. The van der Waals surface area contributed by atoms with Gasteiger partial charge in [0.15, 0.2) is 5.96 Å². The topological polar surface area (TPSA) is 63.5 Å². The van der Waals surface area contributed by atoms with Crippen LogP contribution in [0.2, 0.25) is 0 Å². The number of rotatable bonds is 8. The highest BCUT2D eigenvalue weighted by Crippen LogP contribution is 2.08. The molecule has 6 heteroatoms. The molecule has 0 unspecified atom stereocenters. The normalized spacial score (nSPS) is 11.3. The first-order valence-corrected chi connectivity index (χ1v) is 7.95. The molecule has 0 atom stereocenters. The van der Waals surface area contributed by atoms with Crippen LogP contribution in [0.4, 0.5) is 0 Å². The fraction of sp³-hybridized carbons (Fsp3) is 0.412. The molecule has 2 aromatic rings. The summed E-state index contributed by atoms with van der Waals surface area (Å²) in [5.41, 5.74) is 1.09. The monoisotopic (exact) mass is 315 g/mol. The Morgan fingerprint density at radius 1 is 1.26 bits per heavy atom. The number of benzene rings is 1. The molecule has 0 saturated carbocycles. The third kappa shape index (κ3) is 6.42. The van der Waals surface area contributed by atoms with Crippen LogP contribution in [0.25, 0.3) is 0 Å². The molecule has 1 heterocycles. The summed E-state index contributed by atoms with van der Waals surface area (Å²) in [6.45, 7) is 4.99. The van der Waals surface area contributed by atoms with E-state index in [4.69, 9.17) is 4.74 Å². The molecule has 2 rings (SSSR count). The molecule has 0 aliphatic rings. The maximum absolute atomic E-state index is 5.67. The summed E-state index contributed by atoms with van der Waals surface area (Å²) in [4.78, 5) is 4.55. The summed E-state index contributed by atoms with van der Waals surface area (Å²) in [5.74, 6) is 1.72. The molecule has 2 N–H and O–H groups in total. The van der Waals surface area contributed by atoms with Gasteiger partial charge in [0.25, 0.3) is 0 Å². The van der Waals surface area contributed by atoms with Gasteiger partial charge in [-0.15, -0.1) is 0 Å². The zero-order chi connectivity index (χ0) is 16.3. The van der Waals surface area contributed by atoms with Crippen LogP contribution in [-0.2, 0) is 13.6 Å².